The highest BCUT2D eigenvalue weighted by molar-refractivity contribution is 7.92. The van der Waals surface area contributed by atoms with E-state index in [-0.39, 0.29) is 4.90 Å². The van der Waals surface area contributed by atoms with E-state index in [4.69, 9.17) is 0 Å². The fourth-order valence-corrected chi connectivity index (χ4v) is 3.22. The summed E-state index contributed by atoms with van der Waals surface area (Å²) in [5.41, 5.74) is 0.795. The third kappa shape index (κ3) is 3.83. The van der Waals surface area contributed by atoms with Gasteiger partial charge in [0, 0.05) is 11.8 Å². The van der Waals surface area contributed by atoms with E-state index in [0.717, 1.165) is 30.2 Å². The second kappa shape index (κ2) is 6.88. The Kier molecular flexibility index (Phi) is 5.08. The number of nitro benzene ring substituents is 1. The van der Waals surface area contributed by atoms with Gasteiger partial charge >= 0.3 is 5.69 Å². The molecule has 24 heavy (non-hydrogen) atoms. The van der Waals surface area contributed by atoms with Crippen LogP contribution >= 0.6 is 0 Å². The Balaban J connectivity index is 2.28. The standard InChI is InChI=1S/C16H18N2O5S/c1-3-11(2)12-4-6-13(7-5-12)17-24(22,23)14-8-9-16(19)15(10-14)18(20)21/h4-11,17,19H,3H2,1-2H3. The summed E-state index contributed by atoms with van der Waals surface area (Å²) in [6.07, 6.45) is 0.974. The fourth-order valence-electron chi connectivity index (χ4n) is 2.15. The zero-order chi connectivity index (χ0) is 17.9. The number of aromatic hydroxyl groups is 1. The molecule has 2 rings (SSSR count). The molecule has 1 unspecified atom stereocenters. The first-order chi connectivity index (χ1) is 11.2. The minimum atomic E-state index is -3.99. The summed E-state index contributed by atoms with van der Waals surface area (Å²) < 4.78 is 27.1. The highest BCUT2D eigenvalue weighted by atomic mass is 32.2. The predicted octanol–water partition coefficient (Wildman–Crippen LogP) is 3.61. The van der Waals surface area contributed by atoms with Gasteiger partial charge in [-0.3, -0.25) is 14.8 Å². The number of nitrogens with one attached hydrogen (secondary N) is 1. The summed E-state index contributed by atoms with van der Waals surface area (Å²) in [5, 5.41) is 20.2. The Bertz CT molecular complexity index is 847. The first kappa shape index (κ1) is 17.7. The topological polar surface area (TPSA) is 110 Å². The molecule has 0 saturated heterocycles. The molecule has 0 aliphatic carbocycles. The van der Waals surface area contributed by atoms with E-state index in [1.54, 1.807) is 12.1 Å². The van der Waals surface area contributed by atoms with E-state index in [1.165, 1.54) is 0 Å². The van der Waals surface area contributed by atoms with Gasteiger partial charge in [-0.05, 0) is 42.2 Å². The Hall–Kier alpha value is -2.61. The summed E-state index contributed by atoms with van der Waals surface area (Å²) in [6, 6.07) is 9.89. The minimum absolute atomic E-state index is 0.294. The number of sulfonamides is 1. The molecule has 2 aromatic rings. The van der Waals surface area contributed by atoms with Crippen LogP contribution in [0.5, 0.6) is 5.75 Å². The molecule has 2 aromatic carbocycles. The summed E-state index contributed by atoms with van der Waals surface area (Å²) in [4.78, 5) is 9.69. The third-order valence-corrected chi connectivity index (χ3v) is 5.18. The average Bonchev–Trinajstić information content (AvgIpc) is 2.54. The van der Waals surface area contributed by atoms with Crippen molar-refractivity contribution in [2.24, 2.45) is 0 Å². The van der Waals surface area contributed by atoms with Crippen molar-refractivity contribution in [2.45, 2.75) is 31.1 Å². The number of nitrogens with zero attached hydrogens (tertiary/aromatic N) is 1. The van der Waals surface area contributed by atoms with Gasteiger partial charge in [-0.15, -0.1) is 0 Å². The van der Waals surface area contributed by atoms with Crippen molar-refractivity contribution < 1.29 is 18.4 Å². The van der Waals surface area contributed by atoms with Gasteiger partial charge in [0.05, 0.1) is 9.82 Å². The van der Waals surface area contributed by atoms with E-state index in [2.05, 4.69) is 18.6 Å². The summed E-state index contributed by atoms with van der Waals surface area (Å²) in [6.45, 7) is 4.15. The van der Waals surface area contributed by atoms with Crippen molar-refractivity contribution >= 4 is 21.4 Å². The number of phenolic OH excluding ortho intramolecular Hbond substituents is 1. The van der Waals surface area contributed by atoms with E-state index >= 15 is 0 Å². The molecular formula is C16H18N2O5S. The van der Waals surface area contributed by atoms with E-state index in [0.29, 0.717) is 11.6 Å². The lowest BCUT2D eigenvalue weighted by Crippen LogP contribution is -2.13. The number of phenols is 1. The molecule has 8 heteroatoms. The molecule has 0 heterocycles. The molecule has 2 N–H and O–H groups in total. The van der Waals surface area contributed by atoms with Crippen LogP contribution < -0.4 is 4.72 Å². The zero-order valence-electron chi connectivity index (χ0n) is 13.3. The summed E-state index contributed by atoms with van der Waals surface area (Å²) >= 11 is 0. The molecular weight excluding hydrogens is 332 g/mol. The first-order valence-corrected chi connectivity index (χ1v) is 8.83. The highest BCUT2D eigenvalue weighted by Crippen LogP contribution is 2.29. The van der Waals surface area contributed by atoms with Crippen molar-refractivity contribution in [1.82, 2.24) is 0 Å². The maximum atomic E-state index is 12.3. The van der Waals surface area contributed by atoms with Crippen LogP contribution in [0.2, 0.25) is 0 Å². The Labute approximate surface area is 140 Å². The van der Waals surface area contributed by atoms with Gasteiger partial charge in [-0.2, -0.15) is 0 Å². The lowest BCUT2D eigenvalue weighted by molar-refractivity contribution is -0.386. The average molecular weight is 350 g/mol. The zero-order valence-corrected chi connectivity index (χ0v) is 14.1. The van der Waals surface area contributed by atoms with E-state index in [1.807, 2.05) is 12.1 Å². The largest absolute Gasteiger partial charge is 0.502 e. The molecule has 0 bridgehead atoms. The van der Waals surface area contributed by atoms with Gasteiger partial charge in [-0.25, -0.2) is 8.42 Å². The third-order valence-electron chi connectivity index (χ3n) is 3.80. The van der Waals surface area contributed by atoms with Crippen molar-refractivity contribution in [2.75, 3.05) is 4.72 Å². The van der Waals surface area contributed by atoms with Crippen molar-refractivity contribution in [3.8, 4) is 5.75 Å². The van der Waals surface area contributed by atoms with Gasteiger partial charge in [0.1, 0.15) is 0 Å². The van der Waals surface area contributed by atoms with Gasteiger partial charge in [-0.1, -0.05) is 26.0 Å². The molecule has 0 aromatic heterocycles. The number of rotatable bonds is 6. The smallest absolute Gasteiger partial charge is 0.312 e. The fraction of sp³-hybridized carbons (Fsp3) is 0.250. The Morgan fingerprint density at radius 3 is 2.38 bits per heavy atom. The SMILES string of the molecule is CCC(C)c1ccc(NS(=O)(=O)c2ccc(O)c([N+](=O)[O-])c2)cc1. The quantitative estimate of drug-likeness (QED) is 0.611. The van der Waals surface area contributed by atoms with E-state index < -0.39 is 26.4 Å². The lowest BCUT2D eigenvalue weighted by Gasteiger charge is -2.11. The van der Waals surface area contributed by atoms with E-state index in [9.17, 15) is 23.6 Å². The number of hydrogen-bond acceptors (Lipinski definition) is 5. The molecule has 0 fully saturated rings. The first-order valence-electron chi connectivity index (χ1n) is 7.34. The van der Waals surface area contributed by atoms with Crippen LogP contribution in [0.25, 0.3) is 0 Å². The van der Waals surface area contributed by atoms with Crippen LogP contribution in [0, 0.1) is 10.1 Å². The number of benzene rings is 2. The molecule has 0 spiro atoms. The molecule has 0 aliphatic rings. The predicted molar refractivity (Wildman–Crippen MR) is 90.7 cm³/mol. The van der Waals surface area contributed by atoms with Crippen LogP contribution in [0.1, 0.15) is 31.7 Å². The van der Waals surface area contributed by atoms with Crippen LogP contribution in [0.3, 0.4) is 0 Å². The highest BCUT2D eigenvalue weighted by Gasteiger charge is 2.21. The van der Waals surface area contributed by atoms with Crippen molar-refractivity contribution in [3.05, 3.63) is 58.1 Å². The molecule has 0 amide bonds. The molecule has 128 valence electrons. The number of anilines is 1. The molecule has 0 aliphatic heterocycles. The number of nitro groups is 1. The maximum absolute atomic E-state index is 12.3. The van der Waals surface area contributed by atoms with Crippen LogP contribution in [0.15, 0.2) is 47.4 Å². The van der Waals surface area contributed by atoms with Crippen LogP contribution in [-0.4, -0.2) is 18.4 Å². The van der Waals surface area contributed by atoms with Crippen LogP contribution in [0.4, 0.5) is 11.4 Å². The van der Waals surface area contributed by atoms with Gasteiger partial charge in [0.2, 0.25) is 0 Å². The van der Waals surface area contributed by atoms with Gasteiger partial charge < -0.3 is 5.11 Å². The molecule has 7 nitrogen and oxygen atoms in total. The molecule has 1 atom stereocenters. The van der Waals surface area contributed by atoms with Gasteiger partial charge in [0.25, 0.3) is 10.0 Å². The van der Waals surface area contributed by atoms with Crippen LogP contribution in [-0.2, 0) is 10.0 Å². The lowest BCUT2D eigenvalue weighted by atomic mass is 9.99. The maximum Gasteiger partial charge on any atom is 0.312 e. The minimum Gasteiger partial charge on any atom is -0.502 e. The monoisotopic (exact) mass is 350 g/mol. The van der Waals surface area contributed by atoms with Gasteiger partial charge in [0.15, 0.2) is 5.75 Å². The summed E-state index contributed by atoms with van der Waals surface area (Å²) in [5.74, 6) is -0.215. The second-order valence-corrected chi connectivity index (χ2v) is 7.13. The van der Waals surface area contributed by atoms with Crippen molar-refractivity contribution in [3.63, 3.8) is 0 Å². The second-order valence-electron chi connectivity index (χ2n) is 5.44. The Morgan fingerprint density at radius 2 is 1.83 bits per heavy atom. The molecule has 0 radical (unpaired) electrons. The summed E-state index contributed by atoms with van der Waals surface area (Å²) in [7, 11) is -3.99. The normalized spacial score (nSPS) is 12.6. The van der Waals surface area contributed by atoms with Crippen molar-refractivity contribution in [1.29, 1.82) is 0 Å². The Morgan fingerprint density at radius 1 is 1.21 bits per heavy atom. The number of hydrogen-bond donors (Lipinski definition) is 2. The molecule has 0 saturated carbocycles.